The van der Waals surface area contributed by atoms with E-state index >= 15 is 0 Å². The van der Waals surface area contributed by atoms with E-state index in [1.807, 2.05) is 30.5 Å². The van der Waals surface area contributed by atoms with Gasteiger partial charge in [-0.15, -0.1) is 11.8 Å². The maximum Gasteiger partial charge on any atom is 0.258 e. The number of nitrogen functional groups attached to an aromatic ring is 1. The number of halogens is 1. The van der Waals surface area contributed by atoms with Crippen LogP contribution in [0.2, 0.25) is 5.15 Å². The van der Waals surface area contributed by atoms with Gasteiger partial charge < -0.3 is 11.1 Å². The van der Waals surface area contributed by atoms with Crippen molar-refractivity contribution in [3.8, 4) is 0 Å². The van der Waals surface area contributed by atoms with E-state index in [9.17, 15) is 4.79 Å². The van der Waals surface area contributed by atoms with Crippen LogP contribution >= 0.6 is 23.4 Å². The minimum absolute atomic E-state index is 0.132. The normalized spacial score (nSPS) is 10.2. The van der Waals surface area contributed by atoms with Crippen molar-refractivity contribution < 1.29 is 4.79 Å². The molecule has 0 fully saturated rings. The van der Waals surface area contributed by atoms with Gasteiger partial charge in [0.15, 0.2) is 0 Å². The summed E-state index contributed by atoms with van der Waals surface area (Å²) in [5, 5.41) is 2.88. The summed E-state index contributed by atoms with van der Waals surface area (Å²) in [7, 11) is 0. The van der Waals surface area contributed by atoms with E-state index in [1.165, 1.54) is 12.3 Å². The minimum Gasteiger partial charge on any atom is -0.397 e. The van der Waals surface area contributed by atoms with E-state index in [4.69, 9.17) is 17.3 Å². The molecule has 0 atom stereocenters. The highest BCUT2D eigenvalue weighted by atomic mass is 35.5. The Balaban J connectivity index is 2.18. The fraction of sp³-hybridized carbons (Fsp3) is 0.0769. The molecule has 0 aliphatic heterocycles. The van der Waals surface area contributed by atoms with Crippen LogP contribution < -0.4 is 11.1 Å². The number of carbonyl (C=O) groups is 1. The van der Waals surface area contributed by atoms with Gasteiger partial charge >= 0.3 is 0 Å². The Bertz CT molecular complexity index is 601. The number of hydrogen-bond acceptors (Lipinski definition) is 4. The highest BCUT2D eigenvalue weighted by Crippen LogP contribution is 2.20. The third-order valence-electron chi connectivity index (χ3n) is 2.45. The fourth-order valence-electron chi connectivity index (χ4n) is 1.50. The molecular formula is C13H12ClN3OS. The Kier molecular flexibility index (Phi) is 4.29. The minimum atomic E-state index is -0.332. The molecule has 2 aromatic rings. The van der Waals surface area contributed by atoms with Crippen molar-refractivity contribution in [3.63, 3.8) is 0 Å². The van der Waals surface area contributed by atoms with Gasteiger partial charge in [-0.3, -0.25) is 4.79 Å². The topological polar surface area (TPSA) is 68.0 Å². The lowest BCUT2D eigenvalue weighted by Crippen LogP contribution is -2.13. The van der Waals surface area contributed by atoms with Crippen LogP contribution in [0.1, 0.15) is 10.4 Å². The summed E-state index contributed by atoms with van der Waals surface area (Å²) < 4.78 is 0. The zero-order valence-corrected chi connectivity index (χ0v) is 11.8. The van der Waals surface area contributed by atoms with Crippen LogP contribution in [0.25, 0.3) is 0 Å². The second-order valence-corrected chi connectivity index (χ2v) is 5.03. The van der Waals surface area contributed by atoms with Gasteiger partial charge in [-0.25, -0.2) is 4.98 Å². The number of nitrogens with one attached hydrogen (secondary N) is 1. The highest BCUT2D eigenvalue weighted by Gasteiger charge is 2.12. The predicted molar refractivity (Wildman–Crippen MR) is 79.8 cm³/mol. The molecule has 1 aromatic carbocycles. The van der Waals surface area contributed by atoms with Gasteiger partial charge in [0.1, 0.15) is 5.15 Å². The van der Waals surface area contributed by atoms with Gasteiger partial charge in [0.05, 0.1) is 17.4 Å². The number of anilines is 2. The first-order valence-corrected chi connectivity index (χ1v) is 7.07. The Hall–Kier alpha value is -1.72. The summed E-state index contributed by atoms with van der Waals surface area (Å²) in [5.41, 5.74) is 6.94. The summed E-state index contributed by atoms with van der Waals surface area (Å²) in [6.45, 7) is 0. The number of carbonyl (C=O) groups excluding carboxylic acids is 1. The molecule has 0 radical (unpaired) electrons. The lowest BCUT2D eigenvalue weighted by molar-refractivity contribution is 0.102. The quantitative estimate of drug-likeness (QED) is 0.673. The molecule has 1 aromatic heterocycles. The maximum atomic E-state index is 12.0. The van der Waals surface area contributed by atoms with E-state index in [1.54, 1.807) is 11.8 Å². The third-order valence-corrected chi connectivity index (χ3v) is 3.50. The molecular weight excluding hydrogens is 282 g/mol. The van der Waals surface area contributed by atoms with Crippen LogP contribution in [0.3, 0.4) is 0 Å². The van der Waals surface area contributed by atoms with Crippen LogP contribution in [0.4, 0.5) is 11.4 Å². The summed E-state index contributed by atoms with van der Waals surface area (Å²) in [6, 6.07) is 9.02. The first kappa shape index (κ1) is 13.7. The lowest BCUT2D eigenvalue weighted by atomic mass is 10.2. The van der Waals surface area contributed by atoms with E-state index in [2.05, 4.69) is 10.3 Å². The van der Waals surface area contributed by atoms with Gasteiger partial charge in [0, 0.05) is 10.6 Å². The molecule has 1 heterocycles. The summed E-state index contributed by atoms with van der Waals surface area (Å²) in [6.07, 6.45) is 3.40. The molecule has 0 saturated carbocycles. The van der Waals surface area contributed by atoms with Crippen LogP contribution in [-0.4, -0.2) is 17.1 Å². The Morgan fingerprint density at radius 3 is 2.68 bits per heavy atom. The van der Waals surface area contributed by atoms with Gasteiger partial charge in [-0.05, 0) is 36.6 Å². The molecule has 0 aliphatic rings. The van der Waals surface area contributed by atoms with Crippen molar-refractivity contribution in [1.29, 1.82) is 0 Å². The van der Waals surface area contributed by atoms with Gasteiger partial charge in [0.2, 0.25) is 0 Å². The smallest absolute Gasteiger partial charge is 0.258 e. The molecule has 0 bridgehead atoms. The highest BCUT2D eigenvalue weighted by molar-refractivity contribution is 7.98. The number of amides is 1. The molecule has 19 heavy (non-hydrogen) atoms. The molecule has 6 heteroatoms. The number of hydrogen-bond donors (Lipinski definition) is 2. The van der Waals surface area contributed by atoms with E-state index in [0.717, 1.165) is 4.90 Å². The van der Waals surface area contributed by atoms with Gasteiger partial charge in [0.25, 0.3) is 5.91 Å². The molecule has 98 valence electrons. The third kappa shape index (κ3) is 3.39. The van der Waals surface area contributed by atoms with Crippen molar-refractivity contribution in [2.24, 2.45) is 0 Å². The average molecular weight is 294 g/mol. The molecule has 2 rings (SSSR count). The molecule has 0 saturated heterocycles. The Morgan fingerprint density at radius 1 is 1.37 bits per heavy atom. The number of nitrogens with zero attached hydrogens (tertiary/aromatic N) is 1. The van der Waals surface area contributed by atoms with Gasteiger partial charge in [-0.1, -0.05) is 11.6 Å². The zero-order chi connectivity index (χ0) is 13.8. The Morgan fingerprint density at radius 2 is 2.05 bits per heavy atom. The molecule has 3 N–H and O–H groups in total. The van der Waals surface area contributed by atoms with Crippen LogP contribution in [0.5, 0.6) is 0 Å². The van der Waals surface area contributed by atoms with Crippen LogP contribution in [0.15, 0.2) is 41.4 Å². The molecule has 0 aliphatic carbocycles. The second-order valence-electron chi connectivity index (χ2n) is 3.79. The van der Waals surface area contributed by atoms with E-state index in [-0.39, 0.29) is 16.6 Å². The monoisotopic (exact) mass is 293 g/mol. The summed E-state index contributed by atoms with van der Waals surface area (Å²) in [4.78, 5) is 17.0. The lowest BCUT2D eigenvalue weighted by Gasteiger charge is -2.07. The van der Waals surface area contributed by atoms with Crippen molar-refractivity contribution in [2.45, 2.75) is 4.90 Å². The average Bonchev–Trinajstić information content (AvgIpc) is 2.42. The first-order chi connectivity index (χ1) is 9.10. The van der Waals surface area contributed by atoms with Crippen molar-refractivity contribution >= 4 is 40.6 Å². The van der Waals surface area contributed by atoms with Crippen LogP contribution in [0, 0.1) is 0 Å². The van der Waals surface area contributed by atoms with Crippen molar-refractivity contribution in [1.82, 2.24) is 4.98 Å². The van der Waals surface area contributed by atoms with Crippen molar-refractivity contribution in [3.05, 3.63) is 47.2 Å². The molecule has 4 nitrogen and oxygen atoms in total. The second kappa shape index (κ2) is 5.95. The standard InChI is InChI=1S/C13H12ClN3OS/c1-19-10-4-2-9(3-5-10)17-13(18)11-6-8(15)7-16-12(11)14/h2-7H,15H2,1H3,(H,17,18). The van der Waals surface area contributed by atoms with Crippen LogP contribution in [-0.2, 0) is 0 Å². The largest absolute Gasteiger partial charge is 0.397 e. The van der Waals surface area contributed by atoms with E-state index < -0.39 is 0 Å². The predicted octanol–water partition coefficient (Wildman–Crippen LogP) is 3.29. The number of aromatic nitrogens is 1. The number of pyridine rings is 1. The molecule has 1 amide bonds. The number of benzene rings is 1. The molecule has 0 unspecified atom stereocenters. The SMILES string of the molecule is CSc1ccc(NC(=O)c2cc(N)cnc2Cl)cc1. The van der Waals surface area contributed by atoms with Gasteiger partial charge in [-0.2, -0.15) is 0 Å². The zero-order valence-electron chi connectivity index (χ0n) is 10.2. The van der Waals surface area contributed by atoms with Crippen molar-refractivity contribution in [2.75, 3.05) is 17.3 Å². The number of nitrogens with two attached hydrogens (primary N) is 1. The maximum absolute atomic E-state index is 12.0. The van der Waals surface area contributed by atoms with E-state index in [0.29, 0.717) is 11.4 Å². The first-order valence-electron chi connectivity index (χ1n) is 5.46. The molecule has 0 spiro atoms. The Labute approximate surface area is 120 Å². The number of rotatable bonds is 3. The summed E-state index contributed by atoms with van der Waals surface area (Å²) >= 11 is 7.51. The summed E-state index contributed by atoms with van der Waals surface area (Å²) in [5.74, 6) is -0.332. The fourth-order valence-corrected chi connectivity index (χ4v) is 2.09. The number of thioether (sulfide) groups is 1.